The van der Waals surface area contributed by atoms with E-state index in [0.717, 1.165) is 6.54 Å². The summed E-state index contributed by atoms with van der Waals surface area (Å²) in [7, 11) is 2.27. The Hall–Kier alpha value is -1.51. The molecule has 4 rings (SSSR count). The summed E-state index contributed by atoms with van der Waals surface area (Å²) in [6.07, 6.45) is 1.51. The molecule has 0 radical (unpaired) electrons. The number of nitrogens with zero attached hydrogens (tertiary/aromatic N) is 1. The second-order valence-electron chi connectivity index (χ2n) is 7.15. The Bertz CT molecular complexity index is 620. The van der Waals surface area contributed by atoms with E-state index in [4.69, 9.17) is 4.65 Å². The minimum absolute atomic E-state index is 0.331. The zero-order valence-electron chi connectivity index (χ0n) is 13.4. The van der Waals surface area contributed by atoms with Gasteiger partial charge in [-0.15, -0.1) is 0 Å². The number of rotatable bonds is 2. The maximum atomic E-state index is 6.86. The molecule has 0 saturated carbocycles. The summed E-state index contributed by atoms with van der Waals surface area (Å²) in [5, 5.41) is 0. The van der Waals surface area contributed by atoms with Crippen LogP contribution in [-0.2, 0) is 10.3 Å². The first-order valence-corrected chi connectivity index (χ1v) is 8.45. The average Bonchev–Trinajstić information content (AvgIpc) is 3.12. The minimum Gasteiger partial charge on any atom is -0.571 e. The highest BCUT2D eigenvalue weighted by Gasteiger charge is 2.54. The Morgan fingerprint density at radius 1 is 1.05 bits per heavy atom. The Morgan fingerprint density at radius 3 is 2.14 bits per heavy atom. The van der Waals surface area contributed by atoms with Gasteiger partial charge in [-0.05, 0) is 38.3 Å². The highest BCUT2D eigenvalue weighted by Crippen LogP contribution is 2.51. The molecule has 22 heavy (non-hydrogen) atoms. The van der Waals surface area contributed by atoms with Gasteiger partial charge in [0.15, 0.2) is 0 Å². The van der Waals surface area contributed by atoms with Crippen molar-refractivity contribution in [1.82, 2.24) is 4.81 Å². The molecule has 2 aromatic rings. The van der Waals surface area contributed by atoms with Crippen LogP contribution in [0.2, 0.25) is 6.82 Å². The largest absolute Gasteiger partial charge is 0.571 e. The lowest BCUT2D eigenvalue weighted by molar-refractivity contribution is 0.104. The standard InChI is InChI=1S/C18H22B2NO/c1-20(19)21-14-8-13-17(21)18(22-20,15-9-4-2-5-10-15)16-11-6-3-7-12-16/h2-7,9-12,17H,8,13-14,19H2,1H3/q-1. The number of hydrogen-bond acceptors (Lipinski definition) is 2. The van der Waals surface area contributed by atoms with E-state index >= 15 is 0 Å². The molecule has 2 nitrogen and oxygen atoms in total. The van der Waals surface area contributed by atoms with E-state index in [1.165, 1.54) is 24.0 Å². The molecule has 2 heterocycles. The van der Waals surface area contributed by atoms with E-state index < -0.39 is 6.37 Å². The van der Waals surface area contributed by atoms with E-state index in [9.17, 15) is 0 Å². The lowest BCUT2D eigenvalue weighted by Crippen LogP contribution is -2.49. The fraction of sp³-hybridized carbons (Fsp3) is 0.333. The average molecular weight is 290 g/mol. The summed E-state index contributed by atoms with van der Waals surface area (Å²) in [5.41, 5.74) is 2.24. The fourth-order valence-corrected chi connectivity index (χ4v) is 4.63. The number of fused-ring (bicyclic) bond motifs is 1. The van der Waals surface area contributed by atoms with Crippen LogP contribution < -0.4 is 0 Å². The summed E-state index contributed by atoms with van der Waals surface area (Å²) in [5.74, 6) is 0. The van der Waals surface area contributed by atoms with Gasteiger partial charge in [-0.3, -0.25) is 0 Å². The Labute approximate surface area is 133 Å². The predicted molar refractivity (Wildman–Crippen MR) is 94.6 cm³/mol. The highest BCUT2D eigenvalue weighted by molar-refractivity contribution is 7.11. The first kappa shape index (κ1) is 14.1. The topological polar surface area (TPSA) is 12.5 Å². The maximum Gasteiger partial charge on any atom is 0.142 e. The van der Waals surface area contributed by atoms with Crippen LogP contribution in [0.4, 0.5) is 0 Å². The zero-order chi connectivity index (χ0) is 15.2. The molecule has 2 fully saturated rings. The van der Waals surface area contributed by atoms with Crippen LogP contribution in [0.5, 0.6) is 0 Å². The summed E-state index contributed by atoms with van der Waals surface area (Å²) in [6.45, 7) is 3.42. The minimum atomic E-state index is -0.953. The molecule has 112 valence electrons. The molecule has 2 atom stereocenters. The van der Waals surface area contributed by atoms with E-state index in [1.807, 2.05) is 0 Å². The van der Waals surface area contributed by atoms with Crippen molar-refractivity contribution >= 4 is 14.1 Å². The molecule has 0 bridgehead atoms. The van der Waals surface area contributed by atoms with Gasteiger partial charge in [0.25, 0.3) is 0 Å². The smallest absolute Gasteiger partial charge is 0.142 e. The Balaban J connectivity index is 1.95. The van der Waals surface area contributed by atoms with Crippen molar-refractivity contribution in [3.05, 3.63) is 71.8 Å². The molecule has 0 spiro atoms. The van der Waals surface area contributed by atoms with Crippen LogP contribution in [0.15, 0.2) is 60.7 Å². The van der Waals surface area contributed by atoms with Gasteiger partial charge in [0.05, 0.1) is 5.60 Å². The van der Waals surface area contributed by atoms with E-state index in [0.29, 0.717) is 6.04 Å². The third kappa shape index (κ3) is 1.90. The van der Waals surface area contributed by atoms with Gasteiger partial charge in [-0.1, -0.05) is 60.7 Å². The second kappa shape index (κ2) is 5.00. The van der Waals surface area contributed by atoms with Crippen molar-refractivity contribution in [1.29, 1.82) is 0 Å². The molecule has 2 aliphatic rings. The van der Waals surface area contributed by atoms with Crippen molar-refractivity contribution in [2.45, 2.75) is 31.3 Å². The SMILES string of the molecule is B[B-]1(C)OC(c2ccccc2)(c2ccccc2)C2CCCN21. The summed E-state index contributed by atoms with van der Waals surface area (Å²) >= 11 is 0. The van der Waals surface area contributed by atoms with Gasteiger partial charge in [0, 0.05) is 6.04 Å². The van der Waals surface area contributed by atoms with Crippen LogP contribution in [0.25, 0.3) is 0 Å². The van der Waals surface area contributed by atoms with Crippen molar-refractivity contribution in [2.24, 2.45) is 0 Å². The van der Waals surface area contributed by atoms with Crippen LogP contribution in [0, 0.1) is 0 Å². The van der Waals surface area contributed by atoms with Gasteiger partial charge < -0.3 is 9.47 Å². The van der Waals surface area contributed by atoms with Gasteiger partial charge in [0.1, 0.15) is 6.37 Å². The molecule has 2 aliphatic heterocycles. The lowest BCUT2D eigenvalue weighted by Gasteiger charge is -2.41. The molecule has 2 aromatic carbocycles. The van der Waals surface area contributed by atoms with Crippen LogP contribution in [-0.4, -0.2) is 31.5 Å². The first-order chi connectivity index (χ1) is 10.6. The lowest BCUT2D eigenvalue weighted by atomic mass is 9.34. The van der Waals surface area contributed by atoms with Crippen molar-refractivity contribution in [3.8, 4) is 0 Å². The van der Waals surface area contributed by atoms with Gasteiger partial charge in [-0.2, -0.15) is 6.82 Å². The Kier molecular flexibility index (Phi) is 3.21. The van der Waals surface area contributed by atoms with Crippen LogP contribution >= 0.6 is 0 Å². The first-order valence-electron chi connectivity index (χ1n) is 8.45. The van der Waals surface area contributed by atoms with Gasteiger partial charge in [0.2, 0.25) is 0 Å². The second-order valence-corrected chi connectivity index (χ2v) is 7.15. The molecule has 2 saturated heterocycles. The van der Waals surface area contributed by atoms with E-state index in [-0.39, 0.29) is 5.60 Å². The molecular weight excluding hydrogens is 268 g/mol. The molecule has 0 N–H and O–H groups in total. The number of benzene rings is 2. The predicted octanol–water partition coefficient (Wildman–Crippen LogP) is 2.63. The van der Waals surface area contributed by atoms with Gasteiger partial charge >= 0.3 is 0 Å². The molecular formula is C18H22B2NO-. The third-order valence-electron chi connectivity index (χ3n) is 5.44. The van der Waals surface area contributed by atoms with Crippen LogP contribution in [0.1, 0.15) is 24.0 Å². The quantitative estimate of drug-likeness (QED) is 0.788. The van der Waals surface area contributed by atoms with Crippen molar-refractivity contribution < 1.29 is 4.65 Å². The summed E-state index contributed by atoms with van der Waals surface area (Å²) < 4.78 is 6.86. The monoisotopic (exact) mass is 290 g/mol. The molecule has 0 aromatic heterocycles. The third-order valence-corrected chi connectivity index (χ3v) is 5.44. The molecule has 2 unspecified atom stereocenters. The zero-order valence-corrected chi connectivity index (χ0v) is 13.4. The van der Waals surface area contributed by atoms with Crippen molar-refractivity contribution in [3.63, 3.8) is 0 Å². The summed E-state index contributed by atoms with van der Waals surface area (Å²) in [4.78, 5) is 2.61. The van der Waals surface area contributed by atoms with Crippen LogP contribution in [0.3, 0.4) is 0 Å². The highest BCUT2D eigenvalue weighted by atomic mass is 16.5. The molecule has 0 amide bonds. The Morgan fingerprint density at radius 2 is 1.59 bits per heavy atom. The molecule has 4 heteroatoms. The maximum absolute atomic E-state index is 6.86. The van der Waals surface area contributed by atoms with E-state index in [2.05, 4.69) is 80.0 Å². The van der Waals surface area contributed by atoms with E-state index in [1.54, 1.807) is 0 Å². The fourth-order valence-electron chi connectivity index (χ4n) is 4.63. The summed E-state index contributed by atoms with van der Waals surface area (Å²) in [6, 6.07) is 22.0. The molecule has 0 aliphatic carbocycles. The van der Waals surface area contributed by atoms with Crippen molar-refractivity contribution in [2.75, 3.05) is 6.54 Å². The normalized spacial score (nSPS) is 30.3. The number of hydrogen-bond donors (Lipinski definition) is 0. The van der Waals surface area contributed by atoms with Gasteiger partial charge in [-0.25, -0.2) is 0 Å².